The number of pyridine rings is 1. The molecule has 4 nitrogen and oxygen atoms in total. The minimum absolute atomic E-state index is 0.0453. The molecule has 0 spiro atoms. The van der Waals surface area contributed by atoms with E-state index in [9.17, 15) is 0 Å². The van der Waals surface area contributed by atoms with E-state index in [-0.39, 0.29) is 5.41 Å². The Morgan fingerprint density at radius 1 is 1.35 bits per heavy atom. The molecule has 0 aliphatic heterocycles. The van der Waals surface area contributed by atoms with Gasteiger partial charge in [-0.15, -0.1) is 0 Å². The quantitative estimate of drug-likeness (QED) is 0.579. The average molecular weight is 230 g/mol. The molecule has 17 heavy (non-hydrogen) atoms. The fourth-order valence-corrected chi connectivity index (χ4v) is 1.22. The van der Waals surface area contributed by atoms with Gasteiger partial charge in [0.25, 0.3) is 0 Å². The summed E-state index contributed by atoms with van der Waals surface area (Å²) >= 11 is 0. The van der Waals surface area contributed by atoms with Crippen molar-refractivity contribution in [2.24, 2.45) is 4.99 Å². The zero-order valence-electron chi connectivity index (χ0n) is 11.0. The van der Waals surface area contributed by atoms with E-state index in [1.165, 1.54) is 0 Å². The number of hydrogen-bond acceptors (Lipinski definition) is 3. The van der Waals surface area contributed by atoms with Gasteiger partial charge in [0.1, 0.15) is 6.07 Å². The van der Waals surface area contributed by atoms with Gasteiger partial charge in [-0.2, -0.15) is 5.26 Å². The van der Waals surface area contributed by atoms with Crippen LogP contribution in [0.1, 0.15) is 32.0 Å². The molecule has 90 valence electrons. The molecule has 0 atom stereocenters. The van der Waals surface area contributed by atoms with E-state index in [0.29, 0.717) is 11.4 Å². The van der Waals surface area contributed by atoms with Gasteiger partial charge in [-0.3, -0.25) is 0 Å². The zero-order chi connectivity index (χ0) is 13.1. The van der Waals surface area contributed by atoms with Crippen LogP contribution in [0.4, 0.5) is 5.82 Å². The molecule has 1 rings (SSSR count). The first-order valence-corrected chi connectivity index (χ1v) is 5.47. The summed E-state index contributed by atoms with van der Waals surface area (Å²) in [5.41, 5.74) is 1.38. The fourth-order valence-electron chi connectivity index (χ4n) is 1.22. The summed E-state index contributed by atoms with van der Waals surface area (Å²) in [5, 5.41) is 9.00. The van der Waals surface area contributed by atoms with Gasteiger partial charge < -0.3 is 4.90 Å². The van der Waals surface area contributed by atoms with Crippen LogP contribution in [0.15, 0.2) is 17.1 Å². The van der Waals surface area contributed by atoms with Crippen LogP contribution in [0.2, 0.25) is 0 Å². The largest absolute Gasteiger partial charge is 0.369 e. The predicted molar refractivity (Wildman–Crippen MR) is 69.5 cm³/mol. The first-order valence-electron chi connectivity index (χ1n) is 5.47. The molecule has 0 aliphatic carbocycles. The Morgan fingerprint density at radius 2 is 2.00 bits per heavy atom. The van der Waals surface area contributed by atoms with Crippen molar-refractivity contribution in [3.63, 3.8) is 0 Å². The van der Waals surface area contributed by atoms with Crippen molar-refractivity contribution < 1.29 is 0 Å². The van der Waals surface area contributed by atoms with Gasteiger partial charge in [-0.1, -0.05) is 20.8 Å². The van der Waals surface area contributed by atoms with E-state index in [1.54, 1.807) is 12.4 Å². The van der Waals surface area contributed by atoms with Gasteiger partial charge >= 0.3 is 0 Å². The van der Waals surface area contributed by atoms with Crippen LogP contribution in [0.5, 0.6) is 0 Å². The first-order chi connectivity index (χ1) is 7.84. The molecule has 0 N–H and O–H groups in total. The lowest BCUT2D eigenvalue weighted by molar-refractivity contribution is 0.569. The Kier molecular flexibility index (Phi) is 3.84. The third-order valence-electron chi connectivity index (χ3n) is 2.17. The molecule has 1 aromatic rings. The summed E-state index contributed by atoms with van der Waals surface area (Å²) in [6.45, 7) is 6.25. The predicted octanol–water partition coefficient (Wildman–Crippen LogP) is 2.47. The lowest BCUT2D eigenvalue weighted by Gasteiger charge is -2.18. The SMILES string of the molecule is CN(C)/C=N/c1nc(C(C)(C)C)ccc1C#N. The maximum Gasteiger partial charge on any atom is 0.171 e. The molecule has 0 fully saturated rings. The van der Waals surface area contributed by atoms with Crippen LogP contribution in [0.3, 0.4) is 0 Å². The van der Waals surface area contributed by atoms with Crippen LogP contribution in [-0.2, 0) is 5.41 Å². The molecule has 1 heterocycles. The summed E-state index contributed by atoms with van der Waals surface area (Å²) in [5.74, 6) is 0.480. The highest BCUT2D eigenvalue weighted by atomic mass is 15.1. The summed E-state index contributed by atoms with van der Waals surface area (Å²) in [4.78, 5) is 10.5. The van der Waals surface area contributed by atoms with Gasteiger partial charge in [-0.05, 0) is 12.1 Å². The van der Waals surface area contributed by atoms with E-state index in [1.807, 2.05) is 25.1 Å². The highest BCUT2D eigenvalue weighted by Crippen LogP contribution is 2.24. The molecule has 4 heteroatoms. The number of nitrogens with zero attached hydrogens (tertiary/aromatic N) is 4. The van der Waals surface area contributed by atoms with Crippen LogP contribution < -0.4 is 0 Å². The van der Waals surface area contributed by atoms with Gasteiger partial charge in [0.2, 0.25) is 0 Å². The van der Waals surface area contributed by atoms with Crippen molar-refractivity contribution in [2.45, 2.75) is 26.2 Å². The fraction of sp³-hybridized carbons (Fsp3) is 0.462. The second kappa shape index (κ2) is 4.96. The number of hydrogen-bond donors (Lipinski definition) is 0. The topological polar surface area (TPSA) is 52.3 Å². The maximum atomic E-state index is 9.00. The smallest absolute Gasteiger partial charge is 0.171 e. The second-order valence-corrected chi connectivity index (χ2v) is 5.14. The van der Waals surface area contributed by atoms with Crippen LogP contribution in [-0.4, -0.2) is 30.3 Å². The summed E-state index contributed by atoms with van der Waals surface area (Å²) < 4.78 is 0. The second-order valence-electron chi connectivity index (χ2n) is 5.14. The van der Waals surface area contributed by atoms with Gasteiger partial charge in [0.05, 0.1) is 11.9 Å². The first kappa shape index (κ1) is 13.2. The molecule has 0 saturated heterocycles. The highest BCUT2D eigenvalue weighted by molar-refractivity contribution is 5.62. The molecule has 0 amide bonds. The van der Waals surface area contributed by atoms with Crippen molar-refractivity contribution in [1.82, 2.24) is 9.88 Å². The molecule has 0 aromatic carbocycles. The molecule has 1 aromatic heterocycles. The number of aromatic nitrogens is 1. The van der Waals surface area contributed by atoms with Crippen molar-refractivity contribution in [1.29, 1.82) is 5.26 Å². The number of nitriles is 1. The van der Waals surface area contributed by atoms with Crippen LogP contribution in [0.25, 0.3) is 0 Å². The third kappa shape index (κ3) is 3.56. The molecule has 0 saturated carbocycles. The van der Waals surface area contributed by atoms with Crippen molar-refractivity contribution >= 4 is 12.2 Å². The van der Waals surface area contributed by atoms with E-state index >= 15 is 0 Å². The number of aliphatic imine (C=N–C) groups is 1. The summed E-state index contributed by atoms with van der Waals surface area (Å²) in [7, 11) is 3.76. The highest BCUT2D eigenvalue weighted by Gasteiger charge is 2.17. The molecule has 0 radical (unpaired) electrons. The monoisotopic (exact) mass is 230 g/mol. The van der Waals surface area contributed by atoms with Gasteiger partial charge in [0.15, 0.2) is 5.82 Å². The Bertz CT molecular complexity index is 461. The summed E-state index contributed by atoms with van der Waals surface area (Å²) in [6, 6.07) is 5.76. The minimum atomic E-state index is -0.0453. The van der Waals surface area contributed by atoms with E-state index < -0.39 is 0 Å². The summed E-state index contributed by atoms with van der Waals surface area (Å²) in [6.07, 6.45) is 1.65. The Hall–Kier alpha value is -1.89. The van der Waals surface area contributed by atoms with Crippen LogP contribution >= 0.6 is 0 Å². The lowest BCUT2D eigenvalue weighted by Crippen LogP contribution is -2.13. The van der Waals surface area contributed by atoms with E-state index in [0.717, 1.165) is 5.69 Å². The van der Waals surface area contributed by atoms with Gasteiger partial charge in [0, 0.05) is 25.2 Å². The number of rotatable bonds is 2. The average Bonchev–Trinajstić information content (AvgIpc) is 2.24. The van der Waals surface area contributed by atoms with E-state index in [2.05, 4.69) is 36.8 Å². The van der Waals surface area contributed by atoms with Crippen molar-refractivity contribution in [3.8, 4) is 6.07 Å². The lowest BCUT2D eigenvalue weighted by atomic mass is 9.91. The van der Waals surface area contributed by atoms with E-state index in [4.69, 9.17) is 5.26 Å². The Labute approximate surface area is 103 Å². The molecule has 0 aliphatic rings. The normalized spacial score (nSPS) is 11.5. The standard InChI is InChI=1S/C13H18N4/c1-13(2,3)11-7-6-10(8-14)12(16-11)15-9-17(4)5/h6-7,9H,1-5H3/b15-9+. The molecule has 0 unspecified atom stereocenters. The minimum Gasteiger partial charge on any atom is -0.369 e. The Morgan fingerprint density at radius 3 is 2.47 bits per heavy atom. The molecule has 0 bridgehead atoms. The third-order valence-corrected chi connectivity index (χ3v) is 2.17. The van der Waals surface area contributed by atoms with Crippen molar-refractivity contribution in [3.05, 3.63) is 23.4 Å². The maximum absolute atomic E-state index is 9.00. The van der Waals surface area contributed by atoms with Crippen molar-refractivity contribution in [2.75, 3.05) is 14.1 Å². The van der Waals surface area contributed by atoms with Gasteiger partial charge in [-0.25, -0.2) is 9.98 Å². The Balaban J connectivity index is 3.22. The zero-order valence-corrected chi connectivity index (χ0v) is 11.0. The molecular formula is C13H18N4. The molecular weight excluding hydrogens is 212 g/mol. The van der Waals surface area contributed by atoms with Crippen LogP contribution in [0, 0.1) is 11.3 Å².